The number of hydrogen-bond donors (Lipinski definition) is 0. The molecule has 0 atom stereocenters. The Balaban J connectivity index is 2.53. The van der Waals surface area contributed by atoms with E-state index in [4.69, 9.17) is 16.3 Å². The first kappa shape index (κ1) is 15.0. The number of aryl methyl sites for hydroxylation is 1. The van der Waals surface area contributed by atoms with Crippen molar-refractivity contribution in [2.24, 2.45) is 5.92 Å². The van der Waals surface area contributed by atoms with Crippen molar-refractivity contribution in [2.75, 3.05) is 6.61 Å². The molecule has 1 aromatic rings. The van der Waals surface area contributed by atoms with Crippen molar-refractivity contribution in [3.63, 3.8) is 0 Å². The van der Waals surface area contributed by atoms with Gasteiger partial charge in [-0.25, -0.2) is 9.78 Å². The molecule has 0 amide bonds. The number of ether oxygens (including phenoxy) is 1. The number of pyridine rings is 1. The molecule has 100 valence electrons. The van der Waals surface area contributed by atoms with Crippen LogP contribution in [-0.2, 0) is 11.2 Å². The third-order valence-electron chi connectivity index (χ3n) is 2.60. The highest BCUT2D eigenvalue weighted by Gasteiger charge is 2.10. The average Bonchev–Trinajstić information content (AvgIpc) is 2.33. The van der Waals surface area contributed by atoms with Crippen molar-refractivity contribution in [1.82, 2.24) is 4.98 Å². The molecule has 18 heavy (non-hydrogen) atoms. The predicted molar refractivity (Wildman–Crippen MR) is 73.0 cm³/mol. The minimum Gasteiger partial charge on any atom is -0.462 e. The summed E-state index contributed by atoms with van der Waals surface area (Å²) < 4.78 is 5.21. The number of nitrogens with zero attached hydrogens (tertiary/aromatic N) is 1. The predicted octanol–water partition coefficient (Wildman–Crippen LogP) is 3.89. The summed E-state index contributed by atoms with van der Waals surface area (Å²) in [6.07, 6.45) is 2.70. The average molecular weight is 270 g/mol. The Hall–Kier alpha value is -1.09. The van der Waals surface area contributed by atoms with E-state index in [0.717, 1.165) is 25.0 Å². The third-order valence-corrected chi connectivity index (χ3v) is 2.80. The van der Waals surface area contributed by atoms with Crippen molar-refractivity contribution < 1.29 is 9.53 Å². The number of carbonyl (C=O) groups excluding carboxylic acids is 1. The molecule has 0 bridgehead atoms. The molecule has 0 saturated heterocycles. The molecule has 0 aromatic carbocycles. The molecule has 1 heterocycles. The number of rotatable bonds is 6. The quantitative estimate of drug-likeness (QED) is 0.447. The van der Waals surface area contributed by atoms with Crippen LogP contribution in [0, 0.1) is 5.92 Å². The Morgan fingerprint density at radius 1 is 1.44 bits per heavy atom. The van der Waals surface area contributed by atoms with E-state index in [0.29, 0.717) is 23.2 Å². The fraction of sp³-hybridized carbons (Fsp3) is 0.571. The molecule has 1 rings (SSSR count). The van der Waals surface area contributed by atoms with Gasteiger partial charge in [0.2, 0.25) is 0 Å². The highest BCUT2D eigenvalue weighted by molar-refractivity contribution is 6.29. The Labute approximate surface area is 114 Å². The van der Waals surface area contributed by atoms with Crippen LogP contribution in [0.3, 0.4) is 0 Å². The minimum atomic E-state index is -0.322. The van der Waals surface area contributed by atoms with E-state index in [1.807, 2.05) is 6.92 Å². The lowest BCUT2D eigenvalue weighted by Gasteiger charge is -2.07. The summed E-state index contributed by atoms with van der Waals surface area (Å²) in [5.41, 5.74) is 1.29. The lowest BCUT2D eigenvalue weighted by atomic mass is 10.1. The van der Waals surface area contributed by atoms with Gasteiger partial charge in [-0.1, -0.05) is 32.4 Å². The normalized spacial score (nSPS) is 10.7. The van der Waals surface area contributed by atoms with Gasteiger partial charge in [-0.15, -0.1) is 0 Å². The zero-order valence-electron chi connectivity index (χ0n) is 11.2. The Kier molecular flexibility index (Phi) is 6.13. The summed E-state index contributed by atoms with van der Waals surface area (Å²) in [6, 6.07) is 3.28. The van der Waals surface area contributed by atoms with E-state index >= 15 is 0 Å². The molecule has 4 heteroatoms. The van der Waals surface area contributed by atoms with Gasteiger partial charge in [-0.2, -0.15) is 0 Å². The van der Waals surface area contributed by atoms with Gasteiger partial charge >= 0.3 is 5.97 Å². The summed E-state index contributed by atoms with van der Waals surface area (Å²) in [4.78, 5) is 15.9. The minimum absolute atomic E-state index is 0.322. The number of carbonyl (C=O) groups is 1. The van der Waals surface area contributed by atoms with Crippen molar-refractivity contribution in [3.05, 3.63) is 28.5 Å². The maximum Gasteiger partial charge on any atom is 0.338 e. The van der Waals surface area contributed by atoms with E-state index in [-0.39, 0.29) is 5.97 Å². The van der Waals surface area contributed by atoms with Crippen LogP contribution in [0.15, 0.2) is 12.1 Å². The van der Waals surface area contributed by atoms with Crippen molar-refractivity contribution in [2.45, 2.75) is 40.0 Å². The highest BCUT2D eigenvalue weighted by Crippen LogP contribution is 2.13. The molecular weight excluding hydrogens is 250 g/mol. The topological polar surface area (TPSA) is 39.2 Å². The van der Waals surface area contributed by atoms with Gasteiger partial charge in [-0.3, -0.25) is 0 Å². The molecule has 0 N–H and O–H groups in total. The summed E-state index contributed by atoms with van der Waals surface area (Å²) in [6.45, 7) is 6.73. The van der Waals surface area contributed by atoms with Gasteiger partial charge in [0.05, 0.1) is 12.2 Å². The second-order valence-corrected chi connectivity index (χ2v) is 5.08. The SMILES string of the molecule is CCc1cc(C(=O)OCCCC(C)C)cc(Cl)n1. The van der Waals surface area contributed by atoms with Gasteiger partial charge in [0, 0.05) is 5.69 Å². The first-order valence-corrected chi connectivity index (χ1v) is 6.74. The summed E-state index contributed by atoms with van der Waals surface area (Å²) in [5.74, 6) is 0.309. The van der Waals surface area contributed by atoms with Crippen molar-refractivity contribution in [3.8, 4) is 0 Å². The van der Waals surface area contributed by atoms with Gasteiger partial charge in [0.1, 0.15) is 5.15 Å². The standard InChI is InChI=1S/C14H20ClNO2/c1-4-12-8-11(9-13(15)16-12)14(17)18-7-5-6-10(2)3/h8-10H,4-7H2,1-3H3. The molecule has 1 aromatic heterocycles. The van der Waals surface area contributed by atoms with Crippen LogP contribution in [0.1, 0.15) is 49.7 Å². The first-order chi connectivity index (χ1) is 8.52. The van der Waals surface area contributed by atoms with Gasteiger partial charge in [0.15, 0.2) is 0 Å². The molecule has 0 spiro atoms. The maximum absolute atomic E-state index is 11.8. The van der Waals surface area contributed by atoms with Crippen LogP contribution in [0.5, 0.6) is 0 Å². The number of halogens is 1. The second-order valence-electron chi connectivity index (χ2n) is 4.70. The molecule has 0 saturated carbocycles. The van der Waals surface area contributed by atoms with Gasteiger partial charge in [-0.05, 0) is 37.3 Å². The van der Waals surface area contributed by atoms with Crippen LogP contribution >= 0.6 is 11.6 Å². The Morgan fingerprint density at radius 3 is 2.78 bits per heavy atom. The summed E-state index contributed by atoms with van der Waals surface area (Å²) in [5, 5.41) is 0.337. The van der Waals surface area contributed by atoms with E-state index < -0.39 is 0 Å². The van der Waals surface area contributed by atoms with Crippen LogP contribution in [-0.4, -0.2) is 17.6 Å². The fourth-order valence-electron chi connectivity index (χ4n) is 1.59. The zero-order chi connectivity index (χ0) is 13.5. The fourth-order valence-corrected chi connectivity index (χ4v) is 1.82. The first-order valence-electron chi connectivity index (χ1n) is 6.36. The van der Waals surface area contributed by atoms with E-state index in [1.165, 1.54) is 0 Å². The molecular formula is C14H20ClNO2. The lowest BCUT2D eigenvalue weighted by molar-refractivity contribution is 0.0494. The van der Waals surface area contributed by atoms with E-state index in [2.05, 4.69) is 18.8 Å². The second kappa shape index (κ2) is 7.37. The zero-order valence-corrected chi connectivity index (χ0v) is 12.0. The van der Waals surface area contributed by atoms with Crippen molar-refractivity contribution in [1.29, 1.82) is 0 Å². The molecule has 0 aliphatic heterocycles. The van der Waals surface area contributed by atoms with Crippen molar-refractivity contribution >= 4 is 17.6 Å². The van der Waals surface area contributed by atoms with Gasteiger partial charge < -0.3 is 4.74 Å². The van der Waals surface area contributed by atoms with Crippen LogP contribution in [0.25, 0.3) is 0 Å². The number of aromatic nitrogens is 1. The molecule has 3 nitrogen and oxygen atoms in total. The Bertz CT molecular complexity index is 405. The highest BCUT2D eigenvalue weighted by atomic mass is 35.5. The molecule has 0 fully saturated rings. The number of esters is 1. The molecule has 0 unspecified atom stereocenters. The van der Waals surface area contributed by atoms with E-state index in [1.54, 1.807) is 12.1 Å². The molecule has 0 aliphatic rings. The third kappa shape index (κ3) is 5.05. The lowest BCUT2D eigenvalue weighted by Crippen LogP contribution is -2.08. The summed E-state index contributed by atoms with van der Waals surface area (Å²) >= 11 is 5.86. The van der Waals surface area contributed by atoms with Gasteiger partial charge in [0.25, 0.3) is 0 Å². The van der Waals surface area contributed by atoms with E-state index in [9.17, 15) is 4.79 Å². The molecule has 0 radical (unpaired) electrons. The Morgan fingerprint density at radius 2 is 2.17 bits per heavy atom. The number of hydrogen-bond acceptors (Lipinski definition) is 3. The smallest absolute Gasteiger partial charge is 0.338 e. The van der Waals surface area contributed by atoms with Crippen LogP contribution in [0.2, 0.25) is 5.15 Å². The van der Waals surface area contributed by atoms with Crippen LogP contribution in [0.4, 0.5) is 0 Å². The molecule has 0 aliphatic carbocycles. The maximum atomic E-state index is 11.8. The monoisotopic (exact) mass is 269 g/mol. The van der Waals surface area contributed by atoms with Crippen LogP contribution < -0.4 is 0 Å². The largest absolute Gasteiger partial charge is 0.462 e. The summed E-state index contributed by atoms with van der Waals surface area (Å²) in [7, 11) is 0.